The van der Waals surface area contributed by atoms with Crippen molar-refractivity contribution in [2.75, 3.05) is 13.1 Å². The lowest BCUT2D eigenvalue weighted by Gasteiger charge is -2.32. The zero-order valence-electron chi connectivity index (χ0n) is 16.6. The Hall–Kier alpha value is -2.25. The van der Waals surface area contributed by atoms with Gasteiger partial charge in [0.1, 0.15) is 6.04 Å². The predicted octanol–water partition coefficient (Wildman–Crippen LogP) is 1.07. The molecule has 1 saturated carbocycles. The number of hydrogen-bond acceptors (Lipinski definition) is 5. The standard InChI is InChI=1S/C22H28N4O3/c27-19-4-3-18(20(28)25-19)26-13-15-2-1-14(11-17(15)21(26)29)12-24-22(7-8-22)16-5-9-23-10-6-16/h1-2,11,16,18,23-24H,3-10,12-13H2,(H,25,27,28). The molecule has 3 aliphatic heterocycles. The molecule has 3 fully saturated rings. The summed E-state index contributed by atoms with van der Waals surface area (Å²) in [4.78, 5) is 38.2. The summed E-state index contributed by atoms with van der Waals surface area (Å²) < 4.78 is 0. The fourth-order valence-corrected chi connectivity index (χ4v) is 5.23. The maximum absolute atomic E-state index is 13.0. The lowest BCUT2D eigenvalue weighted by Crippen LogP contribution is -2.52. The number of hydrogen-bond donors (Lipinski definition) is 3. The van der Waals surface area contributed by atoms with Crippen LogP contribution in [0.3, 0.4) is 0 Å². The normalized spacial score (nSPS) is 26.4. The molecule has 4 aliphatic rings. The van der Waals surface area contributed by atoms with E-state index in [-0.39, 0.29) is 29.7 Å². The fraction of sp³-hybridized carbons (Fsp3) is 0.591. The number of nitrogens with one attached hydrogen (secondary N) is 3. The minimum atomic E-state index is -0.552. The van der Waals surface area contributed by atoms with Crippen LogP contribution < -0.4 is 16.0 Å². The molecule has 1 atom stereocenters. The Morgan fingerprint density at radius 1 is 1.10 bits per heavy atom. The van der Waals surface area contributed by atoms with E-state index >= 15 is 0 Å². The summed E-state index contributed by atoms with van der Waals surface area (Å²) in [6.07, 6.45) is 5.63. The van der Waals surface area contributed by atoms with Gasteiger partial charge in [0.05, 0.1) is 0 Å². The van der Waals surface area contributed by atoms with Gasteiger partial charge in [-0.15, -0.1) is 0 Å². The van der Waals surface area contributed by atoms with E-state index in [0.717, 1.165) is 36.7 Å². The number of nitrogens with zero attached hydrogens (tertiary/aromatic N) is 1. The van der Waals surface area contributed by atoms with Crippen molar-refractivity contribution in [2.24, 2.45) is 5.92 Å². The van der Waals surface area contributed by atoms with Gasteiger partial charge in [0.2, 0.25) is 11.8 Å². The largest absolute Gasteiger partial charge is 0.322 e. The third kappa shape index (κ3) is 3.46. The summed E-state index contributed by atoms with van der Waals surface area (Å²) in [6.45, 7) is 3.42. The third-order valence-electron chi connectivity index (χ3n) is 7.15. The number of amides is 3. The van der Waals surface area contributed by atoms with Crippen LogP contribution in [0.25, 0.3) is 0 Å². The highest BCUT2D eigenvalue weighted by Gasteiger charge is 2.48. The zero-order valence-corrected chi connectivity index (χ0v) is 16.6. The first-order valence-electron chi connectivity index (χ1n) is 10.8. The van der Waals surface area contributed by atoms with Gasteiger partial charge < -0.3 is 15.5 Å². The van der Waals surface area contributed by atoms with E-state index < -0.39 is 6.04 Å². The van der Waals surface area contributed by atoms with Crippen LogP contribution in [0.4, 0.5) is 0 Å². The molecule has 7 heteroatoms. The maximum Gasteiger partial charge on any atom is 0.255 e. The number of rotatable bonds is 5. The molecule has 29 heavy (non-hydrogen) atoms. The van der Waals surface area contributed by atoms with Crippen molar-refractivity contribution in [2.45, 2.75) is 63.2 Å². The van der Waals surface area contributed by atoms with Crippen molar-refractivity contribution < 1.29 is 14.4 Å². The highest BCUT2D eigenvalue weighted by molar-refractivity contribution is 6.05. The molecule has 0 bridgehead atoms. The van der Waals surface area contributed by atoms with Crippen LogP contribution in [0, 0.1) is 5.92 Å². The first kappa shape index (κ1) is 18.8. The molecule has 0 aromatic heterocycles. The van der Waals surface area contributed by atoms with Gasteiger partial charge in [0.15, 0.2) is 0 Å². The summed E-state index contributed by atoms with van der Waals surface area (Å²) in [5.74, 6) is 0.0205. The average Bonchev–Trinajstić information content (AvgIpc) is 3.46. The number of imide groups is 1. The van der Waals surface area contributed by atoms with Crippen LogP contribution in [-0.4, -0.2) is 47.3 Å². The van der Waals surface area contributed by atoms with Crippen LogP contribution in [0.5, 0.6) is 0 Å². The topological polar surface area (TPSA) is 90.5 Å². The Morgan fingerprint density at radius 2 is 1.90 bits per heavy atom. The fourth-order valence-electron chi connectivity index (χ4n) is 5.23. The molecule has 7 nitrogen and oxygen atoms in total. The minimum Gasteiger partial charge on any atom is -0.322 e. The second-order valence-electron chi connectivity index (χ2n) is 8.93. The molecular weight excluding hydrogens is 368 g/mol. The van der Waals surface area contributed by atoms with Gasteiger partial charge in [-0.05, 0) is 68.3 Å². The Morgan fingerprint density at radius 3 is 2.62 bits per heavy atom. The summed E-state index contributed by atoms with van der Waals surface area (Å²) in [7, 11) is 0. The molecule has 0 radical (unpaired) electrons. The summed E-state index contributed by atoms with van der Waals surface area (Å²) >= 11 is 0. The average molecular weight is 396 g/mol. The van der Waals surface area contributed by atoms with Crippen LogP contribution in [0.1, 0.15) is 60.0 Å². The van der Waals surface area contributed by atoms with E-state index in [9.17, 15) is 14.4 Å². The van der Waals surface area contributed by atoms with Crippen LogP contribution >= 0.6 is 0 Å². The molecular formula is C22H28N4O3. The van der Waals surface area contributed by atoms with E-state index in [2.05, 4.69) is 22.0 Å². The van der Waals surface area contributed by atoms with Crippen molar-refractivity contribution in [1.29, 1.82) is 0 Å². The van der Waals surface area contributed by atoms with Crippen molar-refractivity contribution in [3.05, 3.63) is 34.9 Å². The maximum atomic E-state index is 13.0. The van der Waals surface area contributed by atoms with E-state index in [1.807, 2.05) is 12.1 Å². The Balaban J connectivity index is 1.26. The van der Waals surface area contributed by atoms with E-state index in [4.69, 9.17) is 0 Å². The van der Waals surface area contributed by atoms with Gasteiger partial charge in [0.25, 0.3) is 5.91 Å². The van der Waals surface area contributed by atoms with Crippen molar-refractivity contribution in [3.8, 4) is 0 Å². The third-order valence-corrected chi connectivity index (χ3v) is 7.15. The molecule has 1 aliphatic carbocycles. The molecule has 1 aromatic rings. The van der Waals surface area contributed by atoms with Crippen LogP contribution in [0.2, 0.25) is 0 Å². The Bertz CT molecular complexity index is 858. The van der Waals surface area contributed by atoms with Gasteiger partial charge in [-0.1, -0.05) is 12.1 Å². The Labute approximate surface area is 170 Å². The van der Waals surface area contributed by atoms with Gasteiger partial charge >= 0.3 is 0 Å². The lowest BCUT2D eigenvalue weighted by molar-refractivity contribution is -0.136. The van der Waals surface area contributed by atoms with Gasteiger partial charge in [-0.3, -0.25) is 19.7 Å². The van der Waals surface area contributed by atoms with E-state index in [1.54, 1.807) is 4.90 Å². The van der Waals surface area contributed by atoms with E-state index in [0.29, 0.717) is 18.5 Å². The van der Waals surface area contributed by atoms with Gasteiger partial charge in [-0.2, -0.15) is 0 Å². The smallest absolute Gasteiger partial charge is 0.255 e. The molecule has 3 amide bonds. The second kappa shape index (κ2) is 7.22. The molecule has 154 valence electrons. The second-order valence-corrected chi connectivity index (χ2v) is 8.93. The van der Waals surface area contributed by atoms with Crippen molar-refractivity contribution >= 4 is 17.7 Å². The monoisotopic (exact) mass is 396 g/mol. The number of benzene rings is 1. The number of carbonyl (C=O) groups is 3. The van der Waals surface area contributed by atoms with Crippen molar-refractivity contribution in [1.82, 2.24) is 20.9 Å². The van der Waals surface area contributed by atoms with Crippen LogP contribution in [0.15, 0.2) is 18.2 Å². The molecule has 2 saturated heterocycles. The first-order chi connectivity index (χ1) is 14.1. The first-order valence-corrected chi connectivity index (χ1v) is 10.8. The quantitative estimate of drug-likeness (QED) is 0.648. The number of carbonyl (C=O) groups excluding carboxylic acids is 3. The van der Waals surface area contributed by atoms with E-state index in [1.165, 1.54) is 25.7 Å². The van der Waals surface area contributed by atoms with Crippen molar-refractivity contribution in [3.63, 3.8) is 0 Å². The minimum absolute atomic E-state index is 0.101. The zero-order chi connectivity index (χ0) is 20.0. The highest BCUT2D eigenvalue weighted by atomic mass is 16.2. The molecule has 3 N–H and O–H groups in total. The van der Waals surface area contributed by atoms with Gasteiger partial charge in [-0.25, -0.2) is 0 Å². The summed E-state index contributed by atoms with van der Waals surface area (Å²) in [5, 5.41) is 9.59. The molecule has 5 rings (SSSR count). The lowest BCUT2D eigenvalue weighted by atomic mass is 9.88. The Kier molecular flexibility index (Phi) is 4.67. The van der Waals surface area contributed by atoms with Gasteiger partial charge in [0, 0.05) is 30.6 Å². The predicted molar refractivity (Wildman–Crippen MR) is 107 cm³/mol. The molecule has 3 heterocycles. The number of fused-ring (bicyclic) bond motifs is 1. The summed E-state index contributed by atoms with van der Waals surface area (Å²) in [5.41, 5.74) is 3.05. The molecule has 0 spiro atoms. The SMILES string of the molecule is O=C1CCC(N2Cc3ccc(CNC4(C5CCNCC5)CC4)cc3C2=O)C(=O)N1. The highest BCUT2D eigenvalue weighted by Crippen LogP contribution is 2.46. The van der Waals surface area contributed by atoms with Crippen LogP contribution in [-0.2, 0) is 22.7 Å². The summed E-state index contributed by atoms with van der Waals surface area (Å²) in [6, 6.07) is 5.53. The molecule has 1 aromatic carbocycles. The number of piperidine rings is 2. The molecule has 1 unspecified atom stereocenters.